The van der Waals surface area contributed by atoms with Gasteiger partial charge in [-0.1, -0.05) is 23.9 Å². The third-order valence-corrected chi connectivity index (χ3v) is 4.25. The first-order chi connectivity index (χ1) is 10.0. The fourth-order valence-electron chi connectivity index (χ4n) is 1.79. The molecule has 1 heterocycles. The van der Waals surface area contributed by atoms with Gasteiger partial charge < -0.3 is 0 Å². The summed E-state index contributed by atoms with van der Waals surface area (Å²) in [6, 6.07) is 7.33. The number of aryl methyl sites for hydroxylation is 2. The van der Waals surface area contributed by atoms with Gasteiger partial charge in [-0.3, -0.25) is 10.2 Å². The Hall–Kier alpha value is -1.92. The van der Waals surface area contributed by atoms with Gasteiger partial charge in [-0.2, -0.15) is 0 Å². The quantitative estimate of drug-likeness (QED) is 0.298. The first-order valence-electron chi connectivity index (χ1n) is 6.55. The average Bonchev–Trinajstić information content (AvgIpc) is 2.50. The van der Waals surface area contributed by atoms with Crippen molar-refractivity contribution < 1.29 is 4.79 Å². The van der Waals surface area contributed by atoms with Crippen LogP contribution in [0.25, 0.3) is 0 Å². The molecule has 0 aliphatic rings. The van der Waals surface area contributed by atoms with Crippen LogP contribution in [0.5, 0.6) is 0 Å². The molecule has 0 radical (unpaired) electrons. The second-order valence-corrected chi connectivity index (χ2v) is 5.70. The number of nitrogen functional groups attached to an aromatic ring is 1. The second-order valence-electron chi connectivity index (χ2n) is 4.76. The van der Waals surface area contributed by atoms with Crippen molar-refractivity contribution in [3.63, 3.8) is 0 Å². The van der Waals surface area contributed by atoms with Crippen LogP contribution in [0.1, 0.15) is 32.9 Å². The van der Waals surface area contributed by atoms with Gasteiger partial charge in [0, 0.05) is 22.7 Å². The van der Waals surface area contributed by atoms with E-state index in [0.29, 0.717) is 5.56 Å². The van der Waals surface area contributed by atoms with Crippen molar-refractivity contribution in [1.29, 1.82) is 0 Å². The molecule has 5 nitrogen and oxygen atoms in total. The minimum absolute atomic E-state index is 0.290. The molecule has 6 heteroatoms. The fraction of sp³-hybridized carbons (Fsp3) is 0.267. The number of benzene rings is 1. The molecule has 0 saturated carbocycles. The van der Waals surface area contributed by atoms with Gasteiger partial charge in [0.25, 0.3) is 5.91 Å². The highest BCUT2D eigenvalue weighted by Gasteiger charge is 2.06. The van der Waals surface area contributed by atoms with Crippen LogP contribution in [-0.4, -0.2) is 15.9 Å². The maximum atomic E-state index is 11.3. The number of nitrogens with two attached hydrogens (primary N) is 1. The highest BCUT2D eigenvalue weighted by atomic mass is 32.2. The molecule has 0 unspecified atom stereocenters. The summed E-state index contributed by atoms with van der Waals surface area (Å²) >= 11 is 1.58. The molecule has 0 saturated heterocycles. The maximum absolute atomic E-state index is 11.3. The van der Waals surface area contributed by atoms with E-state index in [1.165, 1.54) is 0 Å². The lowest BCUT2D eigenvalue weighted by atomic mass is 10.1. The number of hydrogen-bond donors (Lipinski definition) is 2. The highest BCUT2D eigenvalue weighted by molar-refractivity contribution is 7.98. The van der Waals surface area contributed by atoms with Crippen LogP contribution in [0.2, 0.25) is 0 Å². The number of rotatable bonds is 4. The van der Waals surface area contributed by atoms with E-state index in [0.717, 1.165) is 33.4 Å². The SMILES string of the molecule is Cc1nc(SCc2ccc(C(=O)NN)cc2)nc(C)c1C. The molecule has 110 valence electrons. The summed E-state index contributed by atoms with van der Waals surface area (Å²) in [7, 11) is 0. The summed E-state index contributed by atoms with van der Waals surface area (Å²) in [6.07, 6.45) is 0. The molecular weight excluding hydrogens is 284 g/mol. The summed E-state index contributed by atoms with van der Waals surface area (Å²) in [6.45, 7) is 6.02. The van der Waals surface area contributed by atoms with Crippen molar-refractivity contribution in [2.75, 3.05) is 0 Å². The Morgan fingerprint density at radius 1 is 1.14 bits per heavy atom. The molecule has 2 aromatic rings. The zero-order valence-electron chi connectivity index (χ0n) is 12.3. The first kappa shape index (κ1) is 15.5. The molecule has 0 aliphatic carbocycles. The third-order valence-electron chi connectivity index (χ3n) is 3.33. The summed E-state index contributed by atoms with van der Waals surface area (Å²) in [5.74, 6) is 5.56. The molecule has 0 aliphatic heterocycles. The van der Waals surface area contributed by atoms with E-state index in [-0.39, 0.29) is 5.91 Å². The molecule has 1 amide bonds. The smallest absolute Gasteiger partial charge is 0.265 e. The van der Waals surface area contributed by atoms with E-state index in [9.17, 15) is 4.79 Å². The normalized spacial score (nSPS) is 10.5. The Balaban J connectivity index is 2.05. The molecule has 21 heavy (non-hydrogen) atoms. The molecule has 1 aromatic heterocycles. The Morgan fingerprint density at radius 2 is 1.71 bits per heavy atom. The molecule has 0 spiro atoms. The van der Waals surface area contributed by atoms with Crippen LogP contribution in [-0.2, 0) is 5.75 Å². The number of nitrogens with zero attached hydrogens (tertiary/aromatic N) is 2. The maximum Gasteiger partial charge on any atom is 0.265 e. The number of amides is 1. The summed E-state index contributed by atoms with van der Waals surface area (Å²) < 4.78 is 0. The zero-order chi connectivity index (χ0) is 15.4. The van der Waals surface area contributed by atoms with Gasteiger partial charge in [0.05, 0.1) is 0 Å². The molecule has 0 fully saturated rings. The van der Waals surface area contributed by atoms with E-state index in [1.54, 1.807) is 23.9 Å². The van der Waals surface area contributed by atoms with E-state index in [4.69, 9.17) is 5.84 Å². The van der Waals surface area contributed by atoms with E-state index < -0.39 is 0 Å². The second kappa shape index (κ2) is 6.69. The first-order valence-corrected chi connectivity index (χ1v) is 7.54. The predicted octanol–water partition coefficient (Wildman–Crippen LogP) is 2.30. The number of aromatic nitrogens is 2. The van der Waals surface area contributed by atoms with E-state index in [1.807, 2.05) is 32.9 Å². The topological polar surface area (TPSA) is 80.9 Å². The summed E-state index contributed by atoms with van der Waals surface area (Å²) in [4.78, 5) is 20.3. The van der Waals surface area contributed by atoms with Crippen LogP contribution in [0.4, 0.5) is 0 Å². The third kappa shape index (κ3) is 3.80. The number of carbonyl (C=O) groups excluding carboxylic acids is 1. The van der Waals surface area contributed by atoms with Gasteiger partial charge >= 0.3 is 0 Å². The number of hydrogen-bond acceptors (Lipinski definition) is 5. The summed E-state index contributed by atoms with van der Waals surface area (Å²) in [5.41, 5.74) is 6.93. The molecule has 0 atom stereocenters. The lowest BCUT2D eigenvalue weighted by Crippen LogP contribution is -2.29. The molecule has 2 rings (SSSR count). The van der Waals surface area contributed by atoms with Crippen molar-refractivity contribution in [3.05, 3.63) is 52.3 Å². The van der Waals surface area contributed by atoms with Crippen molar-refractivity contribution in [3.8, 4) is 0 Å². The van der Waals surface area contributed by atoms with E-state index >= 15 is 0 Å². The number of nitrogens with one attached hydrogen (secondary N) is 1. The lowest BCUT2D eigenvalue weighted by molar-refractivity contribution is 0.0953. The number of hydrazine groups is 1. The Labute approximate surface area is 128 Å². The Morgan fingerprint density at radius 3 is 2.24 bits per heavy atom. The molecule has 1 aromatic carbocycles. The van der Waals surface area contributed by atoms with E-state index in [2.05, 4.69) is 15.4 Å². The standard InChI is InChI=1S/C15H18N4OS/c1-9-10(2)17-15(18-11(9)3)21-8-12-4-6-13(7-5-12)14(20)19-16/h4-7H,8,16H2,1-3H3,(H,19,20). The highest BCUT2D eigenvalue weighted by Crippen LogP contribution is 2.21. The average molecular weight is 302 g/mol. The fourth-order valence-corrected chi connectivity index (χ4v) is 2.68. The van der Waals surface area contributed by atoms with Gasteiger partial charge in [-0.25, -0.2) is 15.8 Å². The lowest BCUT2D eigenvalue weighted by Gasteiger charge is -2.07. The van der Waals surface area contributed by atoms with Gasteiger partial charge in [-0.15, -0.1) is 0 Å². The predicted molar refractivity (Wildman–Crippen MR) is 83.9 cm³/mol. The number of thioether (sulfide) groups is 1. The van der Waals surface area contributed by atoms with Crippen molar-refractivity contribution in [2.24, 2.45) is 5.84 Å². The van der Waals surface area contributed by atoms with Gasteiger partial charge in [-0.05, 0) is 44.0 Å². The Bertz CT molecular complexity index is 632. The van der Waals surface area contributed by atoms with Crippen molar-refractivity contribution >= 4 is 17.7 Å². The molecule has 0 bridgehead atoms. The van der Waals surface area contributed by atoms with Crippen LogP contribution in [0, 0.1) is 20.8 Å². The summed E-state index contributed by atoms with van der Waals surface area (Å²) in [5, 5.41) is 0.777. The van der Waals surface area contributed by atoms with Crippen LogP contribution >= 0.6 is 11.8 Å². The van der Waals surface area contributed by atoms with Gasteiger partial charge in [0.15, 0.2) is 5.16 Å². The van der Waals surface area contributed by atoms with Crippen LogP contribution in [0.3, 0.4) is 0 Å². The number of carbonyl (C=O) groups is 1. The van der Waals surface area contributed by atoms with Crippen molar-refractivity contribution in [1.82, 2.24) is 15.4 Å². The Kier molecular flexibility index (Phi) is 4.93. The van der Waals surface area contributed by atoms with Crippen LogP contribution in [0.15, 0.2) is 29.4 Å². The van der Waals surface area contributed by atoms with Gasteiger partial charge in [0.1, 0.15) is 0 Å². The van der Waals surface area contributed by atoms with Crippen molar-refractivity contribution in [2.45, 2.75) is 31.7 Å². The molecule has 3 N–H and O–H groups in total. The minimum Gasteiger partial charge on any atom is -0.290 e. The monoisotopic (exact) mass is 302 g/mol. The zero-order valence-corrected chi connectivity index (χ0v) is 13.1. The largest absolute Gasteiger partial charge is 0.290 e. The minimum atomic E-state index is -0.290. The van der Waals surface area contributed by atoms with Crippen LogP contribution < -0.4 is 11.3 Å². The van der Waals surface area contributed by atoms with Gasteiger partial charge in [0.2, 0.25) is 0 Å². The molecular formula is C15H18N4OS.